The summed E-state index contributed by atoms with van der Waals surface area (Å²) in [5.74, 6) is 2.40. The van der Waals surface area contributed by atoms with Crippen LogP contribution in [-0.4, -0.2) is 56.5 Å². The predicted octanol–water partition coefficient (Wildman–Crippen LogP) is 6.04. The van der Waals surface area contributed by atoms with E-state index in [9.17, 15) is 0 Å². The molecule has 0 spiro atoms. The summed E-state index contributed by atoms with van der Waals surface area (Å²) in [5, 5.41) is 3.37. The van der Waals surface area contributed by atoms with E-state index in [1.165, 1.54) is 17.5 Å². The topological polar surface area (TPSA) is 71.6 Å². The van der Waals surface area contributed by atoms with Crippen LogP contribution in [0.25, 0.3) is 11.3 Å². The number of nitrogens with one attached hydrogen (secondary N) is 2. The first-order valence-corrected chi connectivity index (χ1v) is 14.4. The number of benzene rings is 3. The number of nitrogens with zero attached hydrogens (tertiary/aromatic N) is 2. The van der Waals surface area contributed by atoms with E-state index in [1.54, 1.807) is 13.4 Å². The van der Waals surface area contributed by atoms with Crippen LogP contribution in [0, 0.1) is 44.5 Å². The number of rotatable bonds is 9. The minimum absolute atomic E-state index is 0. The molecule has 1 fully saturated rings. The predicted molar refractivity (Wildman–Crippen MR) is 164 cm³/mol. The Bertz CT molecular complexity index is 1340. The number of ether oxygens (including phenoxy) is 3. The van der Waals surface area contributed by atoms with Crippen LogP contribution >= 0.6 is 0 Å². The summed E-state index contributed by atoms with van der Waals surface area (Å²) in [6.07, 6.45) is 8.07. The average molecular weight is 791 g/mol. The molecule has 0 unspecified atom stereocenters. The molecular formula is C34H40N4O3U. The van der Waals surface area contributed by atoms with Crippen LogP contribution in [0.3, 0.4) is 0 Å². The van der Waals surface area contributed by atoms with Gasteiger partial charge in [0, 0.05) is 31.5 Å². The zero-order chi connectivity index (χ0) is 28.3. The Kier molecular flexibility index (Phi) is 12.7. The number of fused-ring (bicyclic) bond motifs is 1. The first-order chi connectivity index (χ1) is 20.2. The van der Waals surface area contributed by atoms with Gasteiger partial charge in [-0.1, -0.05) is 54.4 Å². The Balaban J connectivity index is 0.000000207. The molecule has 3 heterocycles. The average Bonchev–Trinajstić information content (AvgIpc) is 3.57. The van der Waals surface area contributed by atoms with Crippen molar-refractivity contribution in [3.63, 3.8) is 0 Å². The van der Waals surface area contributed by atoms with Crippen LogP contribution in [0.4, 0.5) is 5.69 Å². The third-order valence-electron chi connectivity index (χ3n) is 7.39. The van der Waals surface area contributed by atoms with E-state index < -0.39 is 0 Å². The molecule has 0 bridgehead atoms. The minimum Gasteiger partial charge on any atom is -0.492 e. The van der Waals surface area contributed by atoms with E-state index in [0.29, 0.717) is 12.5 Å². The second kappa shape index (κ2) is 16.7. The normalized spacial score (nSPS) is 15.8. The van der Waals surface area contributed by atoms with Gasteiger partial charge in [-0.15, -0.1) is 18.5 Å². The summed E-state index contributed by atoms with van der Waals surface area (Å²) in [5.41, 5.74) is 6.84. The molecule has 7 nitrogen and oxygen atoms in total. The molecule has 1 atom stereocenters. The van der Waals surface area contributed by atoms with Gasteiger partial charge in [-0.05, 0) is 30.7 Å². The first-order valence-electron chi connectivity index (χ1n) is 14.4. The van der Waals surface area contributed by atoms with Crippen LogP contribution in [0.5, 0.6) is 11.5 Å². The molecule has 1 aromatic heterocycles. The molecule has 0 aliphatic carbocycles. The van der Waals surface area contributed by atoms with Crippen molar-refractivity contribution >= 4 is 5.69 Å². The number of imidazole rings is 1. The van der Waals surface area contributed by atoms with Gasteiger partial charge in [0.05, 0.1) is 24.8 Å². The fraction of sp³-hybridized carbons (Fsp3) is 0.324. The Morgan fingerprint density at radius 2 is 2.00 bits per heavy atom. The Morgan fingerprint density at radius 3 is 2.76 bits per heavy atom. The summed E-state index contributed by atoms with van der Waals surface area (Å²) < 4.78 is 16.7. The van der Waals surface area contributed by atoms with Gasteiger partial charge in [-0.2, -0.15) is 18.6 Å². The van der Waals surface area contributed by atoms with Crippen molar-refractivity contribution in [2.75, 3.05) is 51.4 Å². The second-order valence-electron chi connectivity index (χ2n) is 10.3. The van der Waals surface area contributed by atoms with E-state index in [2.05, 4.69) is 63.9 Å². The van der Waals surface area contributed by atoms with Crippen molar-refractivity contribution in [2.24, 2.45) is 0 Å². The van der Waals surface area contributed by atoms with Crippen LogP contribution in [-0.2, 0) is 11.3 Å². The van der Waals surface area contributed by atoms with Crippen LogP contribution in [0.15, 0.2) is 79.3 Å². The maximum absolute atomic E-state index is 5.96. The number of anilines is 1. The standard InChI is InChI=1S/C21H22N3O.C13H18NO2.U/c1-2-19(21-13-23-15-24-21)12-20(3-1)25-14-16-4-6-17(7-5-16)18-8-10-22-11-9-18;1-11-4-5-13-12(10-11)14(7-9-16-13)6-3-8-15-2;/h1-8,12-13,15,18,22H,9-11,14H2,(H,23,24);4-5,10H,1,3,6-9H2,2H3;/q2*-1;+2/t18-;;/m1../s1. The van der Waals surface area contributed by atoms with Crippen LogP contribution in [0.2, 0.25) is 0 Å². The largest absolute Gasteiger partial charge is 2.00 e. The molecule has 2 N–H and O–H groups in total. The number of aromatic amines is 1. The molecule has 4 aromatic rings. The molecule has 2 aliphatic heterocycles. The van der Waals surface area contributed by atoms with E-state index in [0.717, 1.165) is 79.8 Å². The van der Waals surface area contributed by atoms with Gasteiger partial charge in [0.2, 0.25) is 0 Å². The molecule has 42 heavy (non-hydrogen) atoms. The molecule has 0 amide bonds. The molecular weight excluding hydrogens is 750 g/mol. The Hall–Kier alpha value is -2.89. The minimum atomic E-state index is 0. The fourth-order valence-electron chi connectivity index (χ4n) is 5.15. The fourth-order valence-corrected chi connectivity index (χ4v) is 5.15. The SMILES string of the molecule is [CH2-]c1ccc2c(c1)N(CCCOC)CCO2.[U+2].c1cc(OCc2ccc([C@@H]3[CH-]CNCC3)cc2)cc(-c2cnc[nH]2)c1. The molecule has 8 heteroatoms. The van der Waals surface area contributed by atoms with Gasteiger partial charge >= 0.3 is 31.1 Å². The van der Waals surface area contributed by atoms with E-state index >= 15 is 0 Å². The van der Waals surface area contributed by atoms with Gasteiger partial charge in [0.1, 0.15) is 24.7 Å². The third-order valence-corrected chi connectivity index (χ3v) is 7.39. The monoisotopic (exact) mass is 790 g/mol. The summed E-state index contributed by atoms with van der Waals surface area (Å²) in [6.45, 7) is 10.1. The zero-order valence-electron chi connectivity index (χ0n) is 24.4. The first kappa shape index (κ1) is 32.0. The molecule has 0 saturated carbocycles. The van der Waals surface area contributed by atoms with Gasteiger partial charge in [-0.3, -0.25) is 0 Å². The number of hydrogen-bond acceptors (Lipinski definition) is 6. The van der Waals surface area contributed by atoms with Gasteiger partial charge in [0.15, 0.2) is 0 Å². The van der Waals surface area contributed by atoms with Crippen LogP contribution in [0.1, 0.15) is 35.4 Å². The number of aromatic nitrogens is 2. The van der Waals surface area contributed by atoms with Gasteiger partial charge in [-0.25, -0.2) is 4.98 Å². The smallest absolute Gasteiger partial charge is 0.492 e. The number of hydrogen-bond donors (Lipinski definition) is 2. The maximum Gasteiger partial charge on any atom is 2.00 e. The third kappa shape index (κ3) is 9.05. The van der Waals surface area contributed by atoms with Crippen molar-refractivity contribution in [3.05, 3.63) is 109 Å². The maximum atomic E-state index is 5.96. The second-order valence-corrected chi connectivity index (χ2v) is 10.3. The summed E-state index contributed by atoms with van der Waals surface area (Å²) in [4.78, 5) is 9.52. The summed E-state index contributed by atoms with van der Waals surface area (Å²) >= 11 is 0. The van der Waals surface area contributed by atoms with Gasteiger partial charge in [0.25, 0.3) is 0 Å². The molecule has 218 valence electrons. The summed E-state index contributed by atoms with van der Waals surface area (Å²) in [6, 6.07) is 22.9. The van der Waals surface area contributed by atoms with Crippen LogP contribution < -0.4 is 19.7 Å². The molecule has 6 rings (SSSR count). The van der Waals surface area contributed by atoms with E-state index in [1.807, 2.05) is 42.6 Å². The molecule has 2 aliphatic rings. The number of piperidine rings is 1. The Morgan fingerprint density at radius 1 is 1.12 bits per heavy atom. The molecule has 3 aromatic carbocycles. The van der Waals surface area contributed by atoms with Crippen molar-refractivity contribution in [3.8, 4) is 22.8 Å². The van der Waals surface area contributed by atoms with E-state index in [-0.39, 0.29) is 31.1 Å². The number of H-pyrrole nitrogens is 1. The van der Waals surface area contributed by atoms with Crippen molar-refractivity contribution < 1.29 is 45.3 Å². The van der Waals surface area contributed by atoms with Crippen molar-refractivity contribution in [1.82, 2.24) is 15.3 Å². The van der Waals surface area contributed by atoms with Crippen molar-refractivity contribution in [1.29, 1.82) is 0 Å². The molecule has 1 saturated heterocycles. The van der Waals surface area contributed by atoms with E-state index in [4.69, 9.17) is 14.2 Å². The summed E-state index contributed by atoms with van der Waals surface area (Å²) in [7, 11) is 1.74. The van der Waals surface area contributed by atoms with Gasteiger partial charge < -0.3 is 35.8 Å². The number of methoxy groups -OCH3 is 1. The van der Waals surface area contributed by atoms with Crippen molar-refractivity contribution in [2.45, 2.75) is 25.4 Å². The quantitative estimate of drug-likeness (QED) is 0.159. The zero-order valence-corrected chi connectivity index (χ0v) is 28.5. The Labute approximate surface area is 273 Å². The molecule has 0 radical (unpaired) electrons.